The number of carbonyl (C=O) groups is 1. The minimum absolute atomic E-state index is 0.131. The predicted molar refractivity (Wildman–Crippen MR) is 75.5 cm³/mol. The maximum absolute atomic E-state index is 11.5. The number of rotatable bonds is 8. The molecule has 0 saturated carbocycles. The van der Waals surface area contributed by atoms with Crippen molar-refractivity contribution in [2.45, 2.75) is 58.3 Å². The van der Waals surface area contributed by atoms with Gasteiger partial charge in [-0.15, -0.1) is 0 Å². The largest absolute Gasteiger partial charge is 0.305 e. The first kappa shape index (κ1) is 14.6. The summed E-state index contributed by atoms with van der Waals surface area (Å²) >= 11 is 1.64. The van der Waals surface area contributed by atoms with Crippen LogP contribution < -0.4 is 5.32 Å². The van der Waals surface area contributed by atoms with Crippen molar-refractivity contribution in [3.8, 4) is 0 Å². The third-order valence-electron chi connectivity index (χ3n) is 2.84. The molecule has 0 radical (unpaired) electrons. The molecular formula is C13H24N2OS. The van der Waals surface area contributed by atoms with Crippen LogP contribution in [-0.2, 0) is 4.79 Å². The zero-order chi connectivity index (χ0) is 12.3. The topological polar surface area (TPSA) is 41.5 Å². The second-order valence-electron chi connectivity index (χ2n) is 4.45. The van der Waals surface area contributed by atoms with Gasteiger partial charge in [-0.25, -0.2) is 0 Å². The van der Waals surface area contributed by atoms with Gasteiger partial charge in [0.05, 0.1) is 6.54 Å². The summed E-state index contributed by atoms with van der Waals surface area (Å²) in [5.41, 5.74) is 0. The average Bonchev–Trinajstić information content (AvgIpc) is 2.80. The van der Waals surface area contributed by atoms with Crippen LogP contribution in [0.25, 0.3) is 0 Å². The number of nitrogens with one attached hydrogen (secondary N) is 1. The highest BCUT2D eigenvalue weighted by Crippen LogP contribution is 2.10. The van der Waals surface area contributed by atoms with Crippen LogP contribution in [0.15, 0.2) is 4.99 Å². The lowest BCUT2D eigenvalue weighted by Crippen LogP contribution is -2.26. The Morgan fingerprint density at radius 2 is 1.94 bits per heavy atom. The Kier molecular flexibility index (Phi) is 8.14. The number of hydrogen-bond acceptors (Lipinski definition) is 3. The molecule has 98 valence electrons. The van der Waals surface area contributed by atoms with Gasteiger partial charge in [0.15, 0.2) is 5.17 Å². The summed E-state index contributed by atoms with van der Waals surface area (Å²) in [5, 5.41) is 3.68. The lowest BCUT2D eigenvalue weighted by Gasteiger charge is -2.03. The standard InChI is InChI=1S/C13H24N2OS/c1-2-3-4-5-6-7-8-9-12(16)15-13-14-10-11-17-13/h2-11H2,1H3,(H,14,15,16). The highest BCUT2D eigenvalue weighted by atomic mass is 32.2. The van der Waals surface area contributed by atoms with Crippen molar-refractivity contribution in [1.82, 2.24) is 5.32 Å². The van der Waals surface area contributed by atoms with Gasteiger partial charge in [0.1, 0.15) is 0 Å². The summed E-state index contributed by atoms with van der Waals surface area (Å²) in [4.78, 5) is 15.7. The lowest BCUT2D eigenvalue weighted by atomic mass is 10.1. The molecule has 0 atom stereocenters. The van der Waals surface area contributed by atoms with Crippen LogP contribution in [0.4, 0.5) is 0 Å². The van der Waals surface area contributed by atoms with E-state index in [1.807, 2.05) is 0 Å². The molecule has 0 aliphatic carbocycles. The van der Waals surface area contributed by atoms with Crippen molar-refractivity contribution in [2.24, 2.45) is 4.99 Å². The van der Waals surface area contributed by atoms with Crippen LogP contribution in [0.5, 0.6) is 0 Å². The number of aliphatic imine (C=N–C) groups is 1. The van der Waals surface area contributed by atoms with E-state index < -0.39 is 0 Å². The van der Waals surface area contributed by atoms with Crippen molar-refractivity contribution >= 4 is 22.8 Å². The van der Waals surface area contributed by atoms with Gasteiger partial charge >= 0.3 is 0 Å². The fourth-order valence-electron chi connectivity index (χ4n) is 1.84. The van der Waals surface area contributed by atoms with E-state index in [1.165, 1.54) is 38.5 Å². The maximum Gasteiger partial charge on any atom is 0.225 e. The molecule has 4 heteroatoms. The Labute approximate surface area is 109 Å². The van der Waals surface area contributed by atoms with Crippen LogP contribution in [0, 0.1) is 0 Å². The van der Waals surface area contributed by atoms with Crippen molar-refractivity contribution in [2.75, 3.05) is 12.3 Å². The monoisotopic (exact) mass is 256 g/mol. The fourth-order valence-corrected chi connectivity index (χ4v) is 2.58. The quantitative estimate of drug-likeness (QED) is 0.677. The molecule has 0 fully saturated rings. The van der Waals surface area contributed by atoms with Crippen LogP contribution in [-0.4, -0.2) is 23.4 Å². The van der Waals surface area contributed by atoms with Crippen molar-refractivity contribution in [3.05, 3.63) is 0 Å². The van der Waals surface area contributed by atoms with Crippen molar-refractivity contribution < 1.29 is 4.79 Å². The second kappa shape index (κ2) is 9.51. The van der Waals surface area contributed by atoms with Gasteiger partial charge < -0.3 is 5.32 Å². The smallest absolute Gasteiger partial charge is 0.225 e. The number of amides is 1. The fraction of sp³-hybridized carbons (Fsp3) is 0.846. The third-order valence-corrected chi connectivity index (χ3v) is 3.73. The molecule has 17 heavy (non-hydrogen) atoms. The predicted octanol–water partition coefficient (Wildman–Crippen LogP) is 3.35. The van der Waals surface area contributed by atoms with Gasteiger partial charge in [0.2, 0.25) is 5.91 Å². The highest BCUT2D eigenvalue weighted by molar-refractivity contribution is 8.14. The third kappa shape index (κ3) is 7.42. The molecule has 1 heterocycles. The van der Waals surface area contributed by atoms with E-state index >= 15 is 0 Å². The van der Waals surface area contributed by atoms with Crippen LogP contribution in [0.2, 0.25) is 0 Å². The minimum Gasteiger partial charge on any atom is -0.305 e. The summed E-state index contributed by atoms with van der Waals surface area (Å²) in [7, 11) is 0. The van der Waals surface area contributed by atoms with Gasteiger partial charge in [0.25, 0.3) is 0 Å². The molecule has 0 spiro atoms. The number of unbranched alkanes of at least 4 members (excludes halogenated alkanes) is 6. The maximum atomic E-state index is 11.5. The van der Waals surface area contributed by atoms with Crippen LogP contribution >= 0.6 is 11.8 Å². The Bertz CT molecular complexity index is 254. The van der Waals surface area contributed by atoms with E-state index in [0.29, 0.717) is 6.42 Å². The van der Waals surface area contributed by atoms with E-state index in [1.54, 1.807) is 11.8 Å². The minimum atomic E-state index is 0.131. The summed E-state index contributed by atoms with van der Waals surface area (Å²) < 4.78 is 0. The molecule has 0 aromatic heterocycles. The molecule has 0 bridgehead atoms. The zero-order valence-electron chi connectivity index (χ0n) is 10.8. The van der Waals surface area contributed by atoms with Gasteiger partial charge in [0, 0.05) is 12.2 Å². The normalized spacial score (nSPS) is 14.8. The average molecular weight is 256 g/mol. The molecule has 1 rings (SSSR count). The van der Waals surface area contributed by atoms with E-state index in [2.05, 4.69) is 17.2 Å². The molecule has 1 aliphatic heterocycles. The molecule has 0 unspecified atom stereocenters. The van der Waals surface area contributed by atoms with Gasteiger partial charge in [-0.2, -0.15) is 0 Å². The molecule has 1 amide bonds. The molecule has 0 aromatic rings. The Morgan fingerprint density at radius 3 is 2.59 bits per heavy atom. The second-order valence-corrected chi connectivity index (χ2v) is 5.54. The Hall–Kier alpha value is -0.510. The molecule has 0 aromatic carbocycles. The number of thioether (sulfide) groups is 1. The zero-order valence-corrected chi connectivity index (χ0v) is 11.7. The highest BCUT2D eigenvalue weighted by Gasteiger charge is 2.09. The first-order chi connectivity index (χ1) is 8.33. The van der Waals surface area contributed by atoms with Crippen molar-refractivity contribution in [1.29, 1.82) is 0 Å². The summed E-state index contributed by atoms with van der Waals surface area (Å²) in [6.45, 7) is 3.08. The first-order valence-corrected chi connectivity index (χ1v) is 7.78. The van der Waals surface area contributed by atoms with E-state index in [0.717, 1.165) is 23.9 Å². The van der Waals surface area contributed by atoms with Crippen LogP contribution in [0.1, 0.15) is 58.3 Å². The lowest BCUT2D eigenvalue weighted by molar-refractivity contribution is -0.119. The molecular weight excluding hydrogens is 232 g/mol. The van der Waals surface area contributed by atoms with Crippen molar-refractivity contribution in [3.63, 3.8) is 0 Å². The number of nitrogens with zero attached hydrogens (tertiary/aromatic N) is 1. The number of amidine groups is 1. The number of carbonyl (C=O) groups excluding carboxylic acids is 1. The van der Waals surface area contributed by atoms with Gasteiger partial charge in [-0.3, -0.25) is 9.79 Å². The molecule has 1 aliphatic rings. The van der Waals surface area contributed by atoms with E-state index in [-0.39, 0.29) is 5.91 Å². The molecule has 3 nitrogen and oxygen atoms in total. The van der Waals surface area contributed by atoms with Crippen LogP contribution in [0.3, 0.4) is 0 Å². The van der Waals surface area contributed by atoms with E-state index in [9.17, 15) is 4.79 Å². The summed E-state index contributed by atoms with van der Waals surface area (Å²) in [6.07, 6.45) is 9.40. The number of hydrogen-bond donors (Lipinski definition) is 1. The van der Waals surface area contributed by atoms with E-state index in [4.69, 9.17) is 0 Å². The summed E-state index contributed by atoms with van der Waals surface area (Å²) in [6, 6.07) is 0. The SMILES string of the molecule is CCCCCCCCCC(=O)NC1=NCCS1. The molecule has 1 N–H and O–H groups in total. The Morgan fingerprint density at radius 1 is 1.24 bits per heavy atom. The summed E-state index contributed by atoms with van der Waals surface area (Å²) in [5.74, 6) is 1.14. The van der Waals surface area contributed by atoms with Gasteiger partial charge in [-0.1, -0.05) is 57.2 Å². The van der Waals surface area contributed by atoms with Gasteiger partial charge in [-0.05, 0) is 6.42 Å². The molecule has 0 saturated heterocycles. The first-order valence-electron chi connectivity index (χ1n) is 6.80. The Balaban J connectivity index is 1.90.